The van der Waals surface area contributed by atoms with Gasteiger partial charge in [0.25, 0.3) is 0 Å². The largest absolute Gasteiger partial charge is 0.437 e. The average Bonchev–Trinajstić information content (AvgIpc) is 2.67. The molecule has 0 aliphatic rings. The van der Waals surface area contributed by atoms with E-state index < -0.39 is 22.0 Å². The van der Waals surface area contributed by atoms with Crippen LogP contribution in [0, 0.1) is 0 Å². The third kappa shape index (κ3) is 4.48. The highest BCUT2D eigenvalue weighted by Crippen LogP contribution is 2.25. The summed E-state index contributed by atoms with van der Waals surface area (Å²) in [4.78, 5) is -0.290. The van der Waals surface area contributed by atoms with Crippen LogP contribution in [-0.2, 0) is 20.2 Å². The molecule has 3 aromatic rings. The summed E-state index contributed by atoms with van der Waals surface area (Å²) in [6.45, 7) is 0. The Morgan fingerprint density at radius 2 is 1.61 bits per heavy atom. The number of nitrogens with zero attached hydrogens (tertiary/aromatic N) is 1. The summed E-state index contributed by atoms with van der Waals surface area (Å²) in [6, 6.07) is 16.3. The van der Waals surface area contributed by atoms with Crippen LogP contribution in [-0.4, -0.2) is 20.3 Å². The van der Waals surface area contributed by atoms with Crippen LogP contribution in [0.3, 0.4) is 0 Å². The van der Waals surface area contributed by atoms with Gasteiger partial charge in [-0.05, 0) is 28.5 Å². The number of benzene rings is 3. The van der Waals surface area contributed by atoms with Crippen molar-refractivity contribution in [3.05, 3.63) is 77.9 Å². The van der Waals surface area contributed by atoms with E-state index in [2.05, 4.69) is 22.1 Å². The van der Waals surface area contributed by atoms with Gasteiger partial charge in [0, 0.05) is 11.3 Å². The zero-order chi connectivity index (χ0) is 20.4. The van der Waals surface area contributed by atoms with Crippen LogP contribution in [0.25, 0.3) is 10.8 Å². The van der Waals surface area contributed by atoms with E-state index in [9.17, 15) is 21.6 Å². The Kier molecular flexibility index (Phi) is 5.66. The smallest absolute Gasteiger partial charge is 0.264 e. The summed E-state index contributed by atoms with van der Waals surface area (Å²) in [5.74, 6) is 0.353. The van der Waals surface area contributed by atoms with Crippen molar-refractivity contribution >= 4 is 39.2 Å². The average molecular weight is 425 g/mol. The molecule has 3 aromatic carbocycles. The maximum Gasteiger partial charge on any atom is 0.437 e. The van der Waals surface area contributed by atoms with Gasteiger partial charge in [0.05, 0.1) is 0 Å². The fraction of sp³-hybridized carbons (Fsp3) is 0.105. The van der Waals surface area contributed by atoms with Gasteiger partial charge in [-0.15, -0.1) is 0 Å². The van der Waals surface area contributed by atoms with E-state index in [-0.39, 0.29) is 10.5 Å². The lowest BCUT2D eigenvalue weighted by Gasteiger charge is -2.11. The molecule has 28 heavy (non-hydrogen) atoms. The molecule has 0 bridgehead atoms. The van der Waals surface area contributed by atoms with E-state index in [0.29, 0.717) is 16.7 Å². The number of alkyl halides is 3. The summed E-state index contributed by atoms with van der Waals surface area (Å²) in [5, 5.41) is 4.32. The Hall–Kier alpha value is -2.52. The highest BCUT2D eigenvalue weighted by atomic mass is 32.2. The lowest BCUT2D eigenvalue weighted by molar-refractivity contribution is -0.0597. The Balaban J connectivity index is 1.95. The molecule has 0 aromatic heterocycles. The lowest BCUT2D eigenvalue weighted by atomic mass is 10.1. The Bertz CT molecular complexity index is 1130. The highest BCUT2D eigenvalue weighted by molar-refractivity contribution is 7.86. The predicted molar refractivity (Wildman–Crippen MR) is 104 cm³/mol. The second-order valence-electron chi connectivity index (χ2n) is 5.83. The summed E-state index contributed by atoms with van der Waals surface area (Å²) in [5.41, 5.74) is -1.05. The summed E-state index contributed by atoms with van der Waals surface area (Å²) in [7, 11) is -4.53. The standard InChI is InChI=1S/C19H14F3NO3S2/c20-19(21,22)18(15-7-5-13(12-27)6-8-15)23-26-28(24,25)17-10-9-14-3-1-2-4-16(14)11-17/h1-11,27H,12H2/b23-18-. The maximum absolute atomic E-state index is 13.4. The molecular formula is C19H14F3NO3S2. The molecule has 4 nitrogen and oxygen atoms in total. The molecule has 0 spiro atoms. The first kappa shape index (κ1) is 20.2. The van der Waals surface area contributed by atoms with Crippen molar-refractivity contribution in [3.63, 3.8) is 0 Å². The quantitative estimate of drug-likeness (QED) is 0.358. The summed E-state index contributed by atoms with van der Waals surface area (Å²) >= 11 is 4.04. The van der Waals surface area contributed by atoms with Crippen LogP contribution >= 0.6 is 12.6 Å². The van der Waals surface area contributed by atoms with Crippen molar-refractivity contribution in [2.45, 2.75) is 16.8 Å². The fourth-order valence-corrected chi connectivity index (χ4v) is 3.46. The van der Waals surface area contributed by atoms with Crippen molar-refractivity contribution < 1.29 is 25.9 Å². The van der Waals surface area contributed by atoms with Crippen LogP contribution in [0.2, 0.25) is 0 Å². The monoisotopic (exact) mass is 425 g/mol. The Labute approximate surface area is 165 Å². The van der Waals surface area contributed by atoms with Gasteiger partial charge in [-0.2, -0.15) is 34.2 Å². The zero-order valence-corrected chi connectivity index (χ0v) is 15.9. The Morgan fingerprint density at radius 3 is 2.21 bits per heavy atom. The number of hydrogen-bond acceptors (Lipinski definition) is 5. The first-order valence-electron chi connectivity index (χ1n) is 7.98. The van der Waals surface area contributed by atoms with Gasteiger partial charge in [0.15, 0.2) is 5.71 Å². The highest BCUT2D eigenvalue weighted by Gasteiger charge is 2.38. The first-order chi connectivity index (χ1) is 13.2. The molecule has 0 fully saturated rings. The second-order valence-corrected chi connectivity index (χ2v) is 7.68. The second kappa shape index (κ2) is 7.84. The van der Waals surface area contributed by atoms with Gasteiger partial charge in [-0.25, -0.2) is 0 Å². The molecule has 0 atom stereocenters. The van der Waals surface area contributed by atoms with Crippen LogP contribution in [0.1, 0.15) is 11.1 Å². The van der Waals surface area contributed by atoms with Gasteiger partial charge in [-0.3, -0.25) is 4.28 Å². The number of oxime groups is 1. The number of rotatable bonds is 5. The zero-order valence-electron chi connectivity index (χ0n) is 14.2. The third-order valence-electron chi connectivity index (χ3n) is 3.91. The van der Waals surface area contributed by atoms with Crippen molar-refractivity contribution in [1.82, 2.24) is 0 Å². The molecule has 146 valence electrons. The molecule has 3 rings (SSSR count). The molecule has 0 aliphatic heterocycles. The van der Waals surface area contributed by atoms with E-state index in [0.717, 1.165) is 5.39 Å². The molecule has 0 radical (unpaired) electrons. The summed E-state index contributed by atoms with van der Waals surface area (Å²) < 4.78 is 69.1. The van der Waals surface area contributed by atoms with E-state index in [4.69, 9.17) is 0 Å². The van der Waals surface area contributed by atoms with E-state index >= 15 is 0 Å². The molecule has 0 unspecified atom stereocenters. The van der Waals surface area contributed by atoms with Gasteiger partial charge >= 0.3 is 16.3 Å². The van der Waals surface area contributed by atoms with Gasteiger partial charge in [0.2, 0.25) is 0 Å². The van der Waals surface area contributed by atoms with Crippen LogP contribution in [0.15, 0.2) is 76.8 Å². The minimum absolute atomic E-state index is 0.290. The molecule has 0 heterocycles. The topological polar surface area (TPSA) is 55.7 Å². The van der Waals surface area contributed by atoms with Gasteiger partial charge in [0.1, 0.15) is 4.90 Å². The minimum Gasteiger partial charge on any atom is -0.264 e. The van der Waals surface area contributed by atoms with Crippen molar-refractivity contribution in [1.29, 1.82) is 0 Å². The molecule has 0 N–H and O–H groups in total. The van der Waals surface area contributed by atoms with Crippen molar-refractivity contribution in [2.24, 2.45) is 5.16 Å². The van der Waals surface area contributed by atoms with E-state index in [1.54, 1.807) is 24.3 Å². The molecule has 0 saturated heterocycles. The van der Waals surface area contributed by atoms with Gasteiger partial charge in [-0.1, -0.05) is 59.8 Å². The van der Waals surface area contributed by atoms with E-state index in [1.807, 2.05) is 0 Å². The van der Waals surface area contributed by atoms with Crippen molar-refractivity contribution in [2.75, 3.05) is 0 Å². The number of hydrogen-bond donors (Lipinski definition) is 1. The van der Waals surface area contributed by atoms with Crippen LogP contribution in [0.5, 0.6) is 0 Å². The lowest BCUT2D eigenvalue weighted by Crippen LogP contribution is -2.25. The molecule has 0 saturated carbocycles. The summed E-state index contributed by atoms with van der Waals surface area (Å²) in [6.07, 6.45) is -4.90. The molecule has 9 heteroatoms. The minimum atomic E-state index is -4.90. The first-order valence-corrected chi connectivity index (χ1v) is 10.0. The maximum atomic E-state index is 13.4. The Morgan fingerprint density at radius 1 is 0.964 bits per heavy atom. The molecule has 0 aliphatic carbocycles. The van der Waals surface area contributed by atoms with Crippen LogP contribution in [0.4, 0.5) is 13.2 Å². The van der Waals surface area contributed by atoms with E-state index in [1.165, 1.54) is 42.5 Å². The van der Waals surface area contributed by atoms with Gasteiger partial charge < -0.3 is 0 Å². The predicted octanol–water partition coefficient (Wildman–Crippen LogP) is 4.94. The molecular weight excluding hydrogens is 411 g/mol. The number of halogens is 3. The molecule has 0 amide bonds. The van der Waals surface area contributed by atoms with Crippen molar-refractivity contribution in [3.8, 4) is 0 Å². The number of thiol groups is 1. The number of fused-ring (bicyclic) bond motifs is 1. The van der Waals surface area contributed by atoms with Crippen LogP contribution < -0.4 is 0 Å². The normalized spacial score (nSPS) is 12.9. The SMILES string of the molecule is O=S(=O)(O/N=C(/c1ccc(CS)cc1)C(F)(F)F)c1ccc2ccccc2c1. The third-order valence-corrected chi connectivity index (χ3v) is 5.38. The fourth-order valence-electron chi connectivity index (χ4n) is 2.49.